The number of hydrogen-bond acceptors (Lipinski definition) is 5. The minimum absolute atomic E-state index is 0.638. The van der Waals surface area contributed by atoms with Gasteiger partial charge in [-0.25, -0.2) is 4.98 Å². The second kappa shape index (κ2) is 7.04. The van der Waals surface area contributed by atoms with E-state index in [0.29, 0.717) is 6.54 Å². The van der Waals surface area contributed by atoms with Gasteiger partial charge in [-0.15, -0.1) is 0 Å². The van der Waals surface area contributed by atoms with Gasteiger partial charge in [0.1, 0.15) is 5.75 Å². The van der Waals surface area contributed by atoms with Crippen molar-refractivity contribution in [1.29, 1.82) is 0 Å². The molecule has 0 atom stereocenters. The molecule has 1 aromatic carbocycles. The van der Waals surface area contributed by atoms with Crippen LogP contribution in [0.25, 0.3) is 0 Å². The molecule has 0 amide bonds. The van der Waals surface area contributed by atoms with Crippen LogP contribution in [0.2, 0.25) is 0 Å². The number of benzene rings is 1. The fraction of sp³-hybridized carbons (Fsp3) is 0.375. The smallest absolute Gasteiger partial charge is 0.151 e. The first-order chi connectivity index (χ1) is 10.2. The summed E-state index contributed by atoms with van der Waals surface area (Å²) >= 11 is 0. The number of aromatic nitrogens is 2. The van der Waals surface area contributed by atoms with Crippen LogP contribution in [0.15, 0.2) is 30.5 Å². The highest BCUT2D eigenvalue weighted by molar-refractivity contribution is 5.61. The minimum atomic E-state index is 0.638. The normalized spacial score (nSPS) is 10.5. The summed E-state index contributed by atoms with van der Waals surface area (Å²) in [5.74, 6) is 1.65. The maximum absolute atomic E-state index is 5.66. The second-order valence-electron chi connectivity index (χ2n) is 4.89. The average molecular weight is 286 g/mol. The lowest BCUT2D eigenvalue weighted by molar-refractivity contribution is 0.415. The van der Waals surface area contributed by atoms with E-state index in [-0.39, 0.29) is 0 Å². The van der Waals surface area contributed by atoms with Crippen molar-refractivity contribution < 1.29 is 4.74 Å². The third-order valence-electron chi connectivity index (χ3n) is 3.41. The first kappa shape index (κ1) is 15.3. The molecule has 2 N–H and O–H groups in total. The molecule has 1 aromatic heterocycles. The van der Waals surface area contributed by atoms with Crippen LogP contribution in [-0.2, 0) is 0 Å². The van der Waals surface area contributed by atoms with Gasteiger partial charge in [0.25, 0.3) is 0 Å². The van der Waals surface area contributed by atoms with Crippen LogP contribution in [-0.4, -0.2) is 30.2 Å². The number of nitrogens with zero attached hydrogens (tertiary/aromatic N) is 3. The monoisotopic (exact) mass is 286 g/mol. The van der Waals surface area contributed by atoms with E-state index in [9.17, 15) is 0 Å². The molecule has 0 saturated heterocycles. The van der Waals surface area contributed by atoms with E-state index in [1.165, 1.54) is 0 Å². The molecule has 0 aliphatic carbocycles. The molecular formula is C16H22N4O. The third kappa shape index (κ3) is 3.70. The Morgan fingerprint density at radius 3 is 2.71 bits per heavy atom. The molecule has 5 heteroatoms. The summed E-state index contributed by atoms with van der Waals surface area (Å²) in [5.41, 5.74) is 8.57. The Morgan fingerprint density at radius 2 is 2.05 bits per heavy atom. The summed E-state index contributed by atoms with van der Waals surface area (Å²) < 4.78 is 5.30. The van der Waals surface area contributed by atoms with Crippen LogP contribution < -0.4 is 15.4 Å². The first-order valence-corrected chi connectivity index (χ1v) is 7.07. The zero-order valence-corrected chi connectivity index (χ0v) is 12.8. The fourth-order valence-corrected chi connectivity index (χ4v) is 2.06. The molecule has 0 fully saturated rings. The lowest BCUT2D eigenvalue weighted by atomic mass is 10.2. The van der Waals surface area contributed by atoms with E-state index in [4.69, 9.17) is 10.5 Å². The summed E-state index contributed by atoms with van der Waals surface area (Å²) in [6, 6.07) is 7.93. The van der Waals surface area contributed by atoms with E-state index in [0.717, 1.165) is 41.6 Å². The standard InChI is InChI=1S/C16H22N4O/c1-12-13(2)19-16(11-18-12)20(9-5-8-17)14-6-4-7-15(10-14)21-3/h4,6-7,10-11H,5,8-9,17H2,1-3H3. The third-order valence-corrected chi connectivity index (χ3v) is 3.41. The Hall–Kier alpha value is -2.14. The molecule has 0 saturated carbocycles. The average Bonchev–Trinajstić information content (AvgIpc) is 2.51. The minimum Gasteiger partial charge on any atom is -0.497 e. The van der Waals surface area contributed by atoms with Crippen LogP contribution in [0.5, 0.6) is 5.75 Å². The number of methoxy groups -OCH3 is 1. The number of anilines is 2. The largest absolute Gasteiger partial charge is 0.497 e. The lowest BCUT2D eigenvalue weighted by Gasteiger charge is -2.24. The summed E-state index contributed by atoms with van der Waals surface area (Å²) in [6.07, 6.45) is 2.68. The highest BCUT2D eigenvalue weighted by Gasteiger charge is 2.12. The van der Waals surface area contributed by atoms with Crippen molar-refractivity contribution in [3.05, 3.63) is 41.9 Å². The highest BCUT2D eigenvalue weighted by atomic mass is 16.5. The fourth-order valence-electron chi connectivity index (χ4n) is 2.06. The van der Waals surface area contributed by atoms with E-state index < -0.39 is 0 Å². The Kier molecular flexibility index (Phi) is 5.11. The van der Waals surface area contributed by atoms with Crippen LogP contribution in [0.4, 0.5) is 11.5 Å². The molecule has 0 aliphatic rings. The van der Waals surface area contributed by atoms with Crippen LogP contribution in [0.3, 0.4) is 0 Å². The highest BCUT2D eigenvalue weighted by Crippen LogP contribution is 2.27. The Bertz CT molecular complexity index is 601. The number of ether oxygens (including phenoxy) is 1. The number of nitrogens with two attached hydrogens (primary N) is 1. The molecule has 112 valence electrons. The van der Waals surface area contributed by atoms with Crippen LogP contribution in [0.1, 0.15) is 17.8 Å². The van der Waals surface area contributed by atoms with Crippen molar-refractivity contribution in [3.63, 3.8) is 0 Å². The maximum atomic E-state index is 5.66. The first-order valence-electron chi connectivity index (χ1n) is 7.07. The van der Waals surface area contributed by atoms with Crippen molar-refractivity contribution in [2.24, 2.45) is 5.73 Å². The van der Waals surface area contributed by atoms with Crippen molar-refractivity contribution >= 4 is 11.5 Å². The summed E-state index contributed by atoms with van der Waals surface area (Å²) in [4.78, 5) is 11.2. The molecule has 0 spiro atoms. The zero-order chi connectivity index (χ0) is 15.2. The Balaban J connectivity index is 2.38. The number of aryl methyl sites for hydroxylation is 2. The number of rotatable bonds is 6. The van der Waals surface area contributed by atoms with Crippen molar-refractivity contribution in [3.8, 4) is 5.75 Å². The second-order valence-corrected chi connectivity index (χ2v) is 4.89. The van der Waals surface area contributed by atoms with E-state index in [2.05, 4.69) is 14.9 Å². The Labute approximate surface area is 125 Å². The van der Waals surface area contributed by atoms with Crippen molar-refractivity contribution in [1.82, 2.24) is 9.97 Å². The van der Waals surface area contributed by atoms with Gasteiger partial charge < -0.3 is 15.4 Å². The molecule has 0 aliphatic heterocycles. The van der Waals surface area contributed by atoms with Gasteiger partial charge in [-0.3, -0.25) is 4.98 Å². The quantitative estimate of drug-likeness (QED) is 0.884. The molecule has 2 rings (SSSR count). The summed E-state index contributed by atoms with van der Waals surface area (Å²) in [5, 5.41) is 0. The van der Waals surface area contributed by atoms with E-state index >= 15 is 0 Å². The van der Waals surface area contributed by atoms with Crippen LogP contribution in [0, 0.1) is 13.8 Å². The van der Waals surface area contributed by atoms with Gasteiger partial charge in [0.15, 0.2) is 5.82 Å². The van der Waals surface area contributed by atoms with Gasteiger partial charge >= 0.3 is 0 Å². The van der Waals surface area contributed by atoms with Crippen LogP contribution >= 0.6 is 0 Å². The Morgan fingerprint density at radius 1 is 1.24 bits per heavy atom. The lowest BCUT2D eigenvalue weighted by Crippen LogP contribution is -2.22. The van der Waals surface area contributed by atoms with Gasteiger partial charge in [0.2, 0.25) is 0 Å². The molecule has 0 radical (unpaired) electrons. The molecule has 21 heavy (non-hydrogen) atoms. The van der Waals surface area contributed by atoms with E-state index in [1.807, 2.05) is 38.1 Å². The van der Waals surface area contributed by atoms with Crippen molar-refractivity contribution in [2.45, 2.75) is 20.3 Å². The molecule has 1 heterocycles. The van der Waals surface area contributed by atoms with Gasteiger partial charge in [0.05, 0.1) is 24.7 Å². The predicted octanol–water partition coefficient (Wildman–Crippen LogP) is 2.59. The molecular weight excluding hydrogens is 264 g/mol. The molecule has 0 bridgehead atoms. The molecule has 5 nitrogen and oxygen atoms in total. The summed E-state index contributed by atoms with van der Waals surface area (Å²) in [7, 11) is 1.67. The van der Waals surface area contributed by atoms with E-state index in [1.54, 1.807) is 13.3 Å². The summed E-state index contributed by atoms with van der Waals surface area (Å²) in [6.45, 7) is 5.36. The predicted molar refractivity (Wildman–Crippen MR) is 85.2 cm³/mol. The topological polar surface area (TPSA) is 64.3 Å². The van der Waals surface area contributed by atoms with Gasteiger partial charge in [0, 0.05) is 18.3 Å². The van der Waals surface area contributed by atoms with Gasteiger partial charge in [-0.2, -0.15) is 0 Å². The maximum Gasteiger partial charge on any atom is 0.151 e. The number of hydrogen-bond donors (Lipinski definition) is 1. The molecule has 0 unspecified atom stereocenters. The zero-order valence-electron chi connectivity index (χ0n) is 12.8. The van der Waals surface area contributed by atoms with Crippen molar-refractivity contribution in [2.75, 3.05) is 25.1 Å². The van der Waals surface area contributed by atoms with Gasteiger partial charge in [-0.1, -0.05) is 6.07 Å². The molecule has 2 aromatic rings. The van der Waals surface area contributed by atoms with Gasteiger partial charge in [-0.05, 0) is 38.9 Å². The SMILES string of the molecule is COc1cccc(N(CCCN)c2cnc(C)c(C)n2)c1.